The second-order valence-electron chi connectivity index (χ2n) is 10.3. The Morgan fingerprint density at radius 3 is 2.74 bits per heavy atom. The summed E-state index contributed by atoms with van der Waals surface area (Å²) >= 11 is 1.53. The quantitative estimate of drug-likeness (QED) is 0.275. The highest BCUT2D eigenvalue weighted by Crippen LogP contribution is 2.51. The second-order valence-corrected chi connectivity index (χ2v) is 11.4. The van der Waals surface area contributed by atoms with Crippen molar-refractivity contribution in [3.8, 4) is 5.75 Å². The summed E-state index contributed by atoms with van der Waals surface area (Å²) < 4.78 is 11.6. The largest absolute Gasteiger partial charge is 0.507 e. The van der Waals surface area contributed by atoms with E-state index in [1.54, 1.807) is 19.2 Å². The number of amides is 2. The van der Waals surface area contributed by atoms with Crippen molar-refractivity contribution in [1.29, 1.82) is 0 Å². The Kier molecular flexibility index (Phi) is 8.19. The van der Waals surface area contributed by atoms with Gasteiger partial charge in [-0.2, -0.15) is 0 Å². The maximum Gasteiger partial charge on any atom is 0.455 e. The lowest BCUT2D eigenvalue weighted by molar-refractivity contribution is -0.140. The molecule has 38 heavy (non-hydrogen) atoms. The lowest BCUT2D eigenvalue weighted by Gasteiger charge is -2.43. The van der Waals surface area contributed by atoms with Crippen LogP contribution in [0.25, 0.3) is 6.08 Å². The number of allylic oxidation sites excluding steroid dienone is 1. The number of aromatic hydroxyl groups is 1. The maximum absolute atomic E-state index is 13.7. The number of para-hydroxylation sites is 1. The molecule has 2 fully saturated rings. The predicted molar refractivity (Wildman–Crippen MR) is 147 cm³/mol. The van der Waals surface area contributed by atoms with E-state index in [0.29, 0.717) is 38.7 Å². The minimum absolute atomic E-state index is 0.127. The van der Waals surface area contributed by atoms with Gasteiger partial charge in [-0.15, -0.1) is 11.3 Å². The highest BCUT2D eigenvalue weighted by Gasteiger charge is 2.57. The molecule has 2 saturated heterocycles. The Labute approximate surface area is 227 Å². The lowest BCUT2D eigenvalue weighted by Crippen LogP contribution is -2.46. The Morgan fingerprint density at radius 2 is 2.03 bits per heavy atom. The van der Waals surface area contributed by atoms with E-state index in [2.05, 4.69) is 6.92 Å². The van der Waals surface area contributed by atoms with Crippen molar-refractivity contribution in [2.45, 2.75) is 51.6 Å². The molecule has 0 bridgehead atoms. The van der Waals surface area contributed by atoms with Gasteiger partial charge >= 0.3 is 7.12 Å². The minimum Gasteiger partial charge on any atom is -0.507 e. The van der Waals surface area contributed by atoms with Gasteiger partial charge in [-0.25, -0.2) is 0 Å². The molecule has 5 rings (SSSR count). The van der Waals surface area contributed by atoms with Crippen LogP contribution in [0.4, 0.5) is 0 Å². The van der Waals surface area contributed by atoms with Gasteiger partial charge in [-0.05, 0) is 66.6 Å². The Bertz CT molecular complexity index is 1240. The molecule has 200 valence electrons. The molecule has 2 aromatic rings. The molecule has 0 unspecified atom stereocenters. The van der Waals surface area contributed by atoms with Crippen molar-refractivity contribution in [1.82, 2.24) is 4.90 Å². The van der Waals surface area contributed by atoms with E-state index in [4.69, 9.17) is 9.39 Å². The summed E-state index contributed by atoms with van der Waals surface area (Å²) in [5.41, 5.74) is 3.96. The Balaban J connectivity index is 1.41. The number of rotatable bonds is 9. The molecule has 0 spiro atoms. The number of phenols is 1. The molecule has 3 aliphatic rings. The molecule has 4 atom stereocenters. The van der Waals surface area contributed by atoms with Gasteiger partial charge in [-0.1, -0.05) is 42.8 Å². The van der Waals surface area contributed by atoms with E-state index in [1.165, 1.54) is 16.2 Å². The molecule has 2 aliphatic heterocycles. The number of methoxy groups -OCH3 is 1. The van der Waals surface area contributed by atoms with E-state index < -0.39 is 19.0 Å². The van der Waals surface area contributed by atoms with Gasteiger partial charge in [0.15, 0.2) is 0 Å². The van der Waals surface area contributed by atoms with Crippen molar-refractivity contribution in [3.05, 3.63) is 68.9 Å². The average Bonchev–Trinajstić information content (AvgIpc) is 3.50. The molecule has 1 aromatic heterocycles. The number of hydrogen-bond donors (Lipinski definition) is 2. The van der Waals surface area contributed by atoms with Gasteiger partial charge in [0, 0.05) is 17.6 Å². The van der Waals surface area contributed by atoms with Crippen LogP contribution in [0.5, 0.6) is 5.75 Å². The first-order valence-corrected chi connectivity index (χ1v) is 14.2. The number of carbonyl (C=O) groups is 2. The van der Waals surface area contributed by atoms with E-state index in [9.17, 15) is 19.7 Å². The van der Waals surface area contributed by atoms with Crippen LogP contribution in [0.1, 0.15) is 43.0 Å². The van der Waals surface area contributed by atoms with Crippen LogP contribution in [0, 0.1) is 17.8 Å². The average molecular weight is 535 g/mol. The van der Waals surface area contributed by atoms with Gasteiger partial charge in [0.25, 0.3) is 0 Å². The summed E-state index contributed by atoms with van der Waals surface area (Å²) in [5.74, 6) is -1.21. The zero-order valence-corrected chi connectivity index (χ0v) is 22.7. The monoisotopic (exact) mass is 535 g/mol. The van der Waals surface area contributed by atoms with Gasteiger partial charge in [0.05, 0.1) is 31.1 Å². The fourth-order valence-electron chi connectivity index (χ4n) is 6.35. The smallest absolute Gasteiger partial charge is 0.455 e. The molecule has 2 amide bonds. The number of fused-ring (bicyclic) bond motifs is 3. The number of nitrogens with zero attached hydrogens (tertiary/aromatic N) is 1. The highest BCUT2D eigenvalue weighted by molar-refractivity contribution is 7.09. The summed E-state index contributed by atoms with van der Waals surface area (Å²) in [4.78, 5) is 29.5. The number of carbonyl (C=O) groups excluding carboxylic acids is 2. The van der Waals surface area contributed by atoms with Crippen LogP contribution in [-0.4, -0.2) is 53.8 Å². The third-order valence-corrected chi connectivity index (χ3v) is 8.95. The van der Waals surface area contributed by atoms with Crippen LogP contribution >= 0.6 is 11.3 Å². The van der Waals surface area contributed by atoms with E-state index in [0.717, 1.165) is 33.6 Å². The molecule has 2 N–H and O–H groups in total. The van der Waals surface area contributed by atoms with Crippen molar-refractivity contribution >= 4 is 36.3 Å². The van der Waals surface area contributed by atoms with Crippen LogP contribution in [-0.2, 0) is 25.5 Å². The first-order chi connectivity index (χ1) is 18.4. The van der Waals surface area contributed by atoms with Crippen molar-refractivity contribution in [2.75, 3.05) is 13.7 Å². The zero-order valence-electron chi connectivity index (χ0n) is 21.8. The first-order valence-electron chi connectivity index (χ1n) is 13.3. The summed E-state index contributed by atoms with van der Waals surface area (Å²) in [6.07, 6.45) is 4.55. The molecular weight excluding hydrogens is 501 g/mol. The van der Waals surface area contributed by atoms with Crippen LogP contribution < -0.4 is 0 Å². The number of benzene rings is 1. The Morgan fingerprint density at radius 1 is 1.21 bits per heavy atom. The van der Waals surface area contributed by atoms with Crippen LogP contribution in [0.2, 0.25) is 6.32 Å². The molecule has 7 nitrogen and oxygen atoms in total. The third kappa shape index (κ3) is 5.25. The van der Waals surface area contributed by atoms with Gasteiger partial charge in [0.2, 0.25) is 11.8 Å². The van der Waals surface area contributed by atoms with Gasteiger partial charge in [-0.3, -0.25) is 14.5 Å². The summed E-state index contributed by atoms with van der Waals surface area (Å²) in [5, 5.41) is 22.9. The molecule has 9 heteroatoms. The standard InChI is InChI=1S/C29H34BNO6S/c1-3-18(13-19-7-4-5-9-24(19)32)10-11-25-26-20(17-36-2)14-22-27(23(26)15-30(35)37-25)29(34)31(28(22)33)16-21-8-6-12-38-21/h4-9,12-13,22-23,25,27,32,35H,3,10-11,14-17H2,1-2H3/b18-13+/t22-,23+,25-,27-/m1/s1. The zero-order chi connectivity index (χ0) is 26.8. The van der Waals surface area contributed by atoms with E-state index in [-0.39, 0.29) is 29.6 Å². The topological polar surface area (TPSA) is 96.3 Å². The number of thiophene rings is 1. The van der Waals surface area contributed by atoms with Crippen molar-refractivity contribution < 1.29 is 29.1 Å². The SMILES string of the molecule is CC/C(=C\c1ccccc1O)CC[C@H]1OB(O)C[C@H]2C1=C(COC)C[C@H]1C(=O)N(Cc3cccs3)C(=O)[C@H]12. The van der Waals surface area contributed by atoms with Crippen LogP contribution in [0.15, 0.2) is 58.5 Å². The number of hydrogen-bond acceptors (Lipinski definition) is 7. The molecule has 1 aromatic carbocycles. The van der Waals surface area contributed by atoms with E-state index in [1.807, 2.05) is 35.7 Å². The number of ether oxygens (including phenoxy) is 1. The number of likely N-dealkylation sites (tertiary alicyclic amines) is 1. The second kappa shape index (κ2) is 11.6. The minimum atomic E-state index is -1.00. The molecule has 0 saturated carbocycles. The summed E-state index contributed by atoms with van der Waals surface area (Å²) in [6, 6.07) is 11.1. The normalized spacial score (nSPS) is 25.7. The third-order valence-electron chi connectivity index (χ3n) is 8.09. The number of imide groups is 1. The van der Waals surface area contributed by atoms with Gasteiger partial charge in [0.1, 0.15) is 5.75 Å². The van der Waals surface area contributed by atoms with Crippen LogP contribution in [0.3, 0.4) is 0 Å². The molecular formula is C29H34BNO6S. The molecule has 0 radical (unpaired) electrons. The van der Waals surface area contributed by atoms with Crippen molar-refractivity contribution in [2.24, 2.45) is 17.8 Å². The lowest BCUT2D eigenvalue weighted by atomic mass is 9.58. The summed E-state index contributed by atoms with van der Waals surface area (Å²) in [7, 11) is 0.634. The fourth-order valence-corrected chi connectivity index (χ4v) is 7.04. The predicted octanol–water partition coefficient (Wildman–Crippen LogP) is 4.67. The molecule has 1 aliphatic carbocycles. The maximum atomic E-state index is 13.7. The summed E-state index contributed by atoms with van der Waals surface area (Å²) in [6.45, 7) is 2.74. The van der Waals surface area contributed by atoms with Gasteiger partial charge < -0.3 is 19.5 Å². The first kappa shape index (κ1) is 26.9. The number of phenolic OH excluding ortho intramolecular Hbond substituents is 1. The highest BCUT2D eigenvalue weighted by atomic mass is 32.1. The Hall–Kier alpha value is -2.72. The fraction of sp³-hybridized carbons (Fsp3) is 0.448. The van der Waals surface area contributed by atoms with E-state index >= 15 is 0 Å². The molecule has 3 heterocycles. The van der Waals surface area contributed by atoms with Crippen molar-refractivity contribution in [3.63, 3.8) is 0 Å².